The summed E-state index contributed by atoms with van der Waals surface area (Å²) >= 11 is 0. The third-order valence-electron chi connectivity index (χ3n) is 7.95. The molecule has 2 aromatic carbocycles. The Morgan fingerprint density at radius 1 is 1.08 bits per heavy atom. The van der Waals surface area contributed by atoms with E-state index < -0.39 is 15.9 Å². The van der Waals surface area contributed by atoms with Gasteiger partial charge in [0, 0.05) is 36.8 Å². The predicted octanol–water partition coefficient (Wildman–Crippen LogP) is 4.07. The smallest absolute Gasteiger partial charge is 0.250 e. The third kappa shape index (κ3) is 5.12. The zero-order valence-electron chi connectivity index (χ0n) is 21.6. The van der Waals surface area contributed by atoms with E-state index in [1.807, 2.05) is 24.4 Å². The molecule has 3 aromatic rings. The van der Waals surface area contributed by atoms with Crippen molar-refractivity contribution >= 4 is 26.8 Å². The Morgan fingerprint density at radius 2 is 1.81 bits per heavy atom. The fourth-order valence-electron chi connectivity index (χ4n) is 5.84. The number of amides is 1. The van der Waals surface area contributed by atoms with Crippen molar-refractivity contribution in [2.75, 3.05) is 39.0 Å². The number of likely N-dealkylation sites (tertiary alicyclic amines) is 1. The van der Waals surface area contributed by atoms with Gasteiger partial charge in [-0.1, -0.05) is 6.07 Å². The van der Waals surface area contributed by atoms with Crippen LogP contribution in [0.25, 0.3) is 22.0 Å². The first-order chi connectivity index (χ1) is 17.8. The molecule has 0 radical (unpaired) electrons. The number of piperidine rings is 1. The van der Waals surface area contributed by atoms with Gasteiger partial charge in [0.25, 0.3) is 5.91 Å². The first-order valence-electron chi connectivity index (χ1n) is 13.1. The molecule has 1 aromatic heterocycles. The van der Waals surface area contributed by atoms with Crippen molar-refractivity contribution in [1.29, 1.82) is 0 Å². The second kappa shape index (κ2) is 10.5. The molecule has 2 aliphatic heterocycles. The molecule has 2 fully saturated rings. The van der Waals surface area contributed by atoms with E-state index in [2.05, 4.69) is 22.0 Å². The molecule has 2 aliphatic rings. The number of hydrogen-bond donors (Lipinski definition) is 2. The second-order valence-corrected chi connectivity index (χ2v) is 12.4. The zero-order chi connectivity index (χ0) is 26.2. The van der Waals surface area contributed by atoms with Crippen molar-refractivity contribution in [3.05, 3.63) is 53.2 Å². The molecule has 0 unspecified atom stereocenters. The number of aromatic amines is 1. The van der Waals surface area contributed by atoms with E-state index in [9.17, 15) is 13.2 Å². The molecule has 0 saturated carbocycles. The average molecular weight is 525 g/mol. The van der Waals surface area contributed by atoms with Crippen LogP contribution in [0, 0.1) is 0 Å². The summed E-state index contributed by atoms with van der Waals surface area (Å²) in [4.78, 5) is 18.2. The number of carbonyl (C=O) groups is 1. The number of nitrogens with one attached hydrogen (secondary N) is 1. The summed E-state index contributed by atoms with van der Waals surface area (Å²) in [7, 11) is -1.49. The van der Waals surface area contributed by atoms with Crippen LogP contribution in [0.2, 0.25) is 0 Å². The molecule has 1 amide bonds. The van der Waals surface area contributed by atoms with Crippen LogP contribution in [-0.2, 0) is 16.6 Å². The van der Waals surface area contributed by atoms with Crippen molar-refractivity contribution in [3.8, 4) is 16.9 Å². The molecule has 37 heavy (non-hydrogen) atoms. The van der Waals surface area contributed by atoms with E-state index in [1.54, 1.807) is 18.3 Å². The van der Waals surface area contributed by atoms with Gasteiger partial charge in [-0.15, -0.1) is 0 Å². The van der Waals surface area contributed by atoms with Crippen molar-refractivity contribution in [1.82, 2.24) is 14.2 Å². The number of sulfonamides is 1. The van der Waals surface area contributed by atoms with Crippen molar-refractivity contribution < 1.29 is 17.9 Å². The standard InChI is InChI=1S/C28H36N4O4S/c1-3-37(34,35)32-12-8-19(9-13-32)25-17-30-27-23(25)15-21(16-24(27)28(29)33)20-6-7-26(36-2)22(14-20)18-31-10-4-5-11-31/h6-7,14-17,19,30H,3-5,8-13,18H2,1-2H3,(H2,29,33). The highest BCUT2D eigenvalue weighted by Crippen LogP contribution is 2.38. The Bertz CT molecular complexity index is 1400. The first kappa shape index (κ1) is 25.8. The maximum Gasteiger partial charge on any atom is 0.250 e. The van der Waals surface area contributed by atoms with Crippen LogP contribution in [0.1, 0.15) is 60.0 Å². The zero-order valence-corrected chi connectivity index (χ0v) is 22.4. The highest BCUT2D eigenvalue weighted by Gasteiger charge is 2.29. The van der Waals surface area contributed by atoms with Crippen LogP contribution in [0.5, 0.6) is 5.75 Å². The summed E-state index contributed by atoms with van der Waals surface area (Å²) in [6.07, 6.45) is 5.89. The number of primary amides is 1. The van der Waals surface area contributed by atoms with E-state index in [1.165, 1.54) is 12.8 Å². The number of rotatable bonds is 8. The van der Waals surface area contributed by atoms with E-state index in [-0.39, 0.29) is 11.7 Å². The fraction of sp³-hybridized carbons (Fsp3) is 0.464. The molecule has 0 atom stereocenters. The Morgan fingerprint density at radius 3 is 2.46 bits per heavy atom. The van der Waals surface area contributed by atoms with Crippen LogP contribution in [0.15, 0.2) is 36.5 Å². The summed E-state index contributed by atoms with van der Waals surface area (Å²) in [5.74, 6) is 0.713. The average Bonchev–Trinajstić information content (AvgIpc) is 3.58. The maximum atomic E-state index is 12.5. The highest BCUT2D eigenvalue weighted by atomic mass is 32.2. The van der Waals surface area contributed by atoms with Crippen LogP contribution >= 0.6 is 0 Å². The van der Waals surface area contributed by atoms with Crippen LogP contribution in [-0.4, -0.2) is 67.6 Å². The number of hydrogen-bond acceptors (Lipinski definition) is 5. The summed E-state index contributed by atoms with van der Waals surface area (Å²) in [5.41, 5.74) is 11.2. The minimum atomic E-state index is -3.18. The lowest BCUT2D eigenvalue weighted by atomic mass is 9.88. The van der Waals surface area contributed by atoms with Gasteiger partial charge in [0.15, 0.2) is 0 Å². The van der Waals surface area contributed by atoms with E-state index in [0.29, 0.717) is 18.7 Å². The number of nitrogens with two attached hydrogens (primary N) is 1. The third-order valence-corrected chi connectivity index (χ3v) is 9.83. The van der Waals surface area contributed by atoms with Crippen molar-refractivity contribution in [2.24, 2.45) is 5.73 Å². The molecule has 198 valence electrons. The number of fused-ring (bicyclic) bond motifs is 1. The maximum absolute atomic E-state index is 12.5. The number of methoxy groups -OCH3 is 1. The molecule has 8 nitrogen and oxygen atoms in total. The molecule has 0 bridgehead atoms. The number of aromatic nitrogens is 1. The van der Waals surface area contributed by atoms with Gasteiger partial charge >= 0.3 is 0 Å². The lowest BCUT2D eigenvalue weighted by Crippen LogP contribution is -2.38. The SMILES string of the molecule is CCS(=O)(=O)N1CCC(c2c[nH]c3c(C(N)=O)cc(-c4ccc(OC)c(CN5CCCC5)c4)cc23)CC1. The minimum Gasteiger partial charge on any atom is -0.496 e. The molecular formula is C28H36N4O4S. The van der Waals surface area contributed by atoms with E-state index in [0.717, 1.165) is 71.4 Å². The largest absolute Gasteiger partial charge is 0.496 e. The molecular weight excluding hydrogens is 488 g/mol. The van der Waals surface area contributed by atoms with E-state index >= 15 is 0 Å². The van der Waals surface area contributed by atoms with Crippen molar-refractivity contribution in [3.63, 3.8) is 0 Å². The molecule has 0 aliphatic carbocycles. The number of H-pyrrole nitrogens is 1. The Hall–Kier alpha value is -2.88. The molecule has 3 heterocycles. The fourth-order valence-corrected chi connectivity index (χ4v) is 6.97. The summed E-state index contributed by atoms with van der Waals surface area (Å²) in [5, 5.41) is 0.972. The summed E-state index contributed by atoms with van der Waals surface area (Å²) in [6, 6.07) is 10.2. The Labute approximate surface area is 218 Å². The number of carbonyl (C=O) groups excluding carboxylic acids is 1. The van der Waals surface area contributed by atoms with Crippen LogP contribution < -0.4 is 10.5 Å². The highest BCUT2D eigenvalue weighted by molar-refractivity contribution is 7.89. The van der Waals surface area contributed by atoms with E-state index in [4.69, 9.17) is 10.5 Å². The number of ether oxygens (including phenoxy) is 1. The Balaban J connectivity index is 1.51. The minimum absolute atomic E-state index is 0.123. The second-order valence-electron chi connectivity index (χ2n) is 10.1. The van der Waals surface area contributed by atoms with Crippen molar-refractivity contribution in [2.45, 2.75) is 45.1 Å². The Kier molecular flexibility index (Phi) is 7.29. The van der Waals surface area contributed by atoms with Crippen LogP contribution in [0.3, 0.4) is 0 Å². The number of nitrogens with zero attached hydrogens (tertiary/aromatic N) is 2. The van der Waals surface area contributed by atoms with Gasteiger partial charge in [-0.3, -0.25) is 9.69 Å². The summed E-state index contributed by atoms with van der Waals surface area (Å²) in [6.45, 7) is 5.72. The van der Waals surface area contributed by atoms with Gasteiger partial charge in [0.2, 0.25) is 10.0 Å². The van der Waals surface area contributed by atoms with Gasteiger partial charge in [0.1, 0.15) is 5.75 Å². The van der Waals surface area contributed by atoms with Gasteiger partial charge in [-0.05, 0) is 92.6 Å². The summed E-state index contributed by atoms with van der Waals surface area (Å²) < 4.78 is 31.9. The lowest BCUT2D eigenvalue weighted by molar-refractivity contribution is 0.100. The van der Waals surface area contributed by atoms with Gasteiger partial charge in [0.05, 0.1) is 23.9 Å². The topological polar surface area (TPSA) is 109 Å². The van der Waals surface area contributed by atoms with Crippen LogP contribution in [0.4, 0.5) is 0 Å². The van der Waals surface area contributed by atoms with Gasteiger partial charge < -0.3 is 15.5 Å². The first-order valence-corrected chi connectivity index (χ1v) is 14.7. The quantitative estimate of drug-likeness (QED) is 0.462. The molecule has 3 N–H and O–H groups in total. The molecule has 2 saturated heterocycles. The lowest BCUT2D eigenvalue weighted by Gasteiger charge is -2.31. The van der Waals surface area contributed by atoms with Gasteiger partial charge in [-0.2, -0.15) is 0 Å². The number of benzene rings is 2. The normalized spacial score (nSPS) is 18.0. The predicted molar refractivity (Wildman–Crippen MR) is 146 cm³/mol. The molecule has 0 spiro atoms. The molecule has 9 heteroatoms. The molecule has 5 rings (SSSR count). The monoisotopic (exact) mass is 524 g/mol. The van der Waals surface area contributed by atoms with Gasteiger partial charge in [-0.25, -0.2) is 12.7 Å².